The van der Waals surface area contributed by atoms with Crippen LogP contribution in [0.5, 0.6) is 5.75 Å². The second-order valence-corrected chi connectivity index (χ2v) is 5.72. The summed E-state index contributed by atoms with van der Waals surface area (Å²) in [5.74, 6) is 0.00469. The molecule has 0 aromatic heterocycles. The normalized spacial score (nSPS) is 11.7. The average Bonchev–Trinajstić information content (AvgIpc) is 2.58. The lowest BCUT2D eigenvalue weighted by molar-refractivity contribution is -0.143. The lowest BCUT2D eigenvalue weighted by atomic mass is 10.1. The van der Waals surface area contributed by atoms with Crippen LogP contribution in [0.4, 0.5) is 0 Å². The Morgan fingerprint density at radius 3 is 2.58 bits per heavy atom. The van der Waals surface area contributed by atoms with E-state index in [4.69, 9.17) is 4.74 Å². The van der Waals surface area contributed by atoms with E-state index >= 15 is 0 Å². The van der Waals surface area contributed by atoms with Crippen LogP contribution >= 0.6 is 0 Å². The average molecular weight is 337 g/mol. The molecule has 0 heterocycles. The molecule has 6 nitrogen and oxygen atoms in total. The number of ether oxygens (including phenoxy) is 2. The van der Waals surface area contributed by atoms with Crippen LogP contribution in [0.3, 0.4) is 0 Å². The van der Waals surface area contributed by atoms with Gasteiger partial charge in [-0.15, -0.1) is 0 Å². The van der Waals surface area contributed by atoms with E-state index in [0.717, 1.165) is 11.1 Å². The molecule has 0 bridgehead atoms. The van der Waals surface area contributed by atoms with Gasteiger partial charge < -0.3 is 19.5 Å². The molecule has 1 unspecified atom stereocenters. The summed E-state index contributed by atoms with van der Waals surface area (Å²) in [7, 11) is 1.31. The summed E-state index contributed by atoms with van der Waals surface area (Å²) >= 11 is 0. The number of benzene rings is 1. The molecule has 6 heteroatoms. The first-order chi connectivity index (χ1) is 11.4. The number of carbonyl (C=O) groups excluding carboxylic acids is 2. The maximum absolute atomic E-state index is 12.5. The van der Waals surface area contributed by atoms with Gasteiger partial charge in [-0.3, -0.25) is 9.59 Å². The molecule has 1 atom stereocenters. The van der Waals surface area contributed by atoms with Gasteiger partial charge in [-0.2, -0.15) is 0 Å². The number of aliphatic hydroxyl groups excluding tert-OH is 1. The molecular weight excluding hydrogens is 310 g/mol. The third-order valence-electron chi connectivity index (χ3n) is 3.92. The number of nitrogens with zero attached hydrogens (tertiary/aromatic N) is 1. The quantitative estimate of drug-likeness (QED) is 0.696. The number of methoxy groups -OCH3 is 1. The molecule has 0 aliphatic carbocycles. The van der Waals surface area contributed by atoms with Crippen LogP contribution < -0.4 is 4.74 Å². The van der Waals surface area contributed by atoms with Crippen molar-refractivity contribution in [2.24, 2.45) is 0 Å². The number of rotatable bonds is 9. The molecule has 1 aromatic rings. The lowest BCUT2D eigenvalue weighted by Gasteiger charge is -2.29. The van der Waals surface area contributed by atoms with E-state index in [1.165, 1.54) is 12.0 Å². The van der Waals surface area contributed by atoms with Crippen molar-refractivity contribution in [2.45, 2.75) is 39.7 Å². The van der Waals surface area contributed by atoms with E-state index in [1.807, 2.05) is 39.0 Å². The summed E-state index contributed by atoms with van der Waals surface area (Å²) in [5, 5.41) is 9.48. The van der Waals surface area contributed by atoms with Crippen molar-refractivity contribution >= 4 is 11.9 Å². The van der Waals surface area contributed by atoms with E-state index in [1.54, 1.807) is 0 Å². The van der Waals surface area contributed by atoms with Crippen molar-refractivity contribution in [1.82, 2.24) is 4.90 Å². The third kappa shape index (κ3) is 5.85. The van der Waals surface area contributed by atoms with Crippen molar-refractivity contribution in [3.8, 4) is 5.75 Å². The van der Waals surface area contributed by atoms with E-state index in [2.05, 4.69) is 4.74 Å². The zero-order valence-corrected chi connectivity index (χ0v) is 14.9. The Balaban J connectivity index is 2.75. The molecule has 0 fully saturated rings. The maximum atomic E-state index is 12.5. The zero-order valence-electron chi connectivity index (χ0n) is 14.9. The molecule has 0 aliphatic rings. The fourth-order valence-electron chi connectivity index (χ4n) is 2.36. The van der Waals surface area contributed by atoms with Crippen LogP contribution in [0.15, 0.2) is 18.2 Å². The minimum Gasteiger partial charge on any atom is -0.483 e. The Hall–Kier alpha value is -2.08. The molecule has 0 saturated heterocycles. The van der Waals surface area contributed by atoms with Gasteiger partial charge >= 0.3 is 5.97 Å². The first kappa shape index (κ1) is 20.0. The molecule has 0 radical (unpaired) electrons. The zero-order chi connectivity index (χ0) is 18.1. The van der Waals surface area contributed by atoms with Gasteiger partial charge in [-0.25, -0.2) is 0 Å². The van der Waals surface area contributed by atoms with E-state index in [-0.39, 0.29) is 38.1 Å². The van der Waals surface area contributed by atoms with Gasteiger partial charge in [-0.1, -0.05) is 19.1 Å². The summed E-state index contributed by atoms with van der Waals surface area (Å²) < 4.78 is 10.3. The SMILES string of the molecule is CCC(CO)N(CCC(=O)OC)C(=O)COc1cc(C)ccc1C. The summed E-state index contributed by atoms with van der Waals surface area (Å²) in [5.41, 5.74) is 2.00. The van der Waals surface area contributed by atoms with Crippen molar-refractivity contribution in [1.29, 1.82) is 0 Å². The second-order valence-electron chi connectivity index (χ2n) is 5.72. The van der Waals surface area contributed by atoms with Gasteiger partial charge in [0, 0.05) is 6.54 Å². The summed E-state index contributed by atoms with van der Waals surface area (Å²) in [6.07, 6.45) is 0.676. The number of hydrogen-bond acceptors (Lipinski definition) is 5. The highest BCUT2D eigenvalue weighted by Crippen LogP contribution is 2.19. The molecule has 134 valence electrons. The van der Waals surface area contributed by atoms with Crippen LogP contribution in [0.25, 0.3) is 0 Å². The second kappa shape index (κ2) is 9.93. The van der Waals surface area contributed by atoms with Crippen molar-refractivity contribution in [2.75, 3.05) is 26.9 Å². The standard InChI is InChI=1S/C18H27NO5/c1-5-15(11-20)19(9-8-18(22)23-4)17(21)12-24-16-10-13(2)6-7-14(16)3/h6-7,10,15,20H,5,8-9,11-12H2,1-4H3. The van der Waals surface area contributed by atoms with Crippen LogP contribution in [-0.4, -0.2) is 54.8 Å². The number of carbonyl (C=O) groups is 2. The predicted molar refractivity (Wildman–Crippen MR) is 90.9 cm³/mol. The number of aryl methyl sites for hydroxylation is 2. The van der Waals surface area contributed by atoms with Gasteiger partial charge in [0.25, 0.3) is 5.91 Å². The minimum atomic E-state index is -0.393. The van der Waals surface area contributed by atoms with Gasteiger partial charge in [0.05, 0.1) is 26.2 Å². The molecular formula is C18H27NO5. The molecule has 0 aliphatic heterocycles. The van der Waals surface area contributed by atoms with Crippen LogP contribution in [0.1, 0.15) is 30.9 Å². The number of esters is 1. The van der Waals surface area contributed by atoms with Crippen molar-refractivity contribution in [3.63, 3.8) is 0 Å². The summed E-state index contributed by atoms with van der Waals surface area (Å²) in [6, 6.07) is 5.45. The smallest absolute Gasteiger partial charge is 0.307 e. The Kier molecular flexibility index (Phi) is 8.26. The number of hydrogen-bond donors (Lipinski definition) is 1. The molecule has 0 saturated carbocycles. The molecule has 1 aromatic carbocycles. The molecule has 1 N–H and O–H groups in total. The highest BCUT2D eigenvalue weighted by atomic mass is 16.5. The van der Waals surface area contributed by atoms with Crippen LogP contribution in [-0.2, 0) is 14.3 Å². The van der Waals surface area contributed by atoms with E-state index in [9.17, 15) is 14.7 Å². The van der Waals surface area contributed by atoms with Gasteiger partial charge in [0.2, 0.25) is 0 Å². The predicted octanol–water partition coefficient (Wildman–Crippen LogP) is 1.84. The maximum Gasteiger partial charge on any atom is 0.307 e. The topological polar surface area (TPSA) is 76.1 Å². The molecule has 0 spiro atoms. The molecule has 24 heavy (non-hydrogen) atoms. The van der Waals surface area contributed by atoms with Crippen LogP contribution in [0, 0.1) is 13.8 Å². The summed E-state index contributed by atoms with van der Waals surface area (Å²) in [4.78, 5) is 25.3. The largest absolute Gasteiger partial charge is 0.483 e. The highest BCUT2D eigenvalue weighted by molar-refractivity contribution is 5.79. The Morgan fingerprint density at radius 1 is 1.29 bits per heavy atom. The summed E-state index contributed by atoms with van der Waals surface area (Å²) in [6.45, 7) is 5.65. The number of aliphatic hydroxyl groups is 1. The first-order valence-electron chi connectivity index (χ1n) is 8.10. The molecule has 1 amide bonds. The van der Waals surface area contributed by atoms with E-state index in [0.29, 0.717) is 12.2 Å². The van der Waals surface area contributed by atoms with Gasteiger partial charge in [0.15, 0.2) is 6.61 Å². The van der Waals surface area contributed by atoms with Gasteiger partial charge in [0.1, 0.15) is 5.75 Å². The lowest BCUT2D eigenvalue weighted by Crippen LogP contribution is -2.45. The highest BCUT2D eigenvalue weighted by Gasteiger charge is 2.23. The van der Waals surface area contributed by atoms with Crippen LogP contribution in [0.2, 0.25) is 0 Å². The third-order valence-corrected chi connectivity index (χ3v) is 3.92. The Bertz CT molecular complexity index is 554. The Morgan fingerprint density at radius 2 is 2.00 bits per heavy atom. The number of amides is 1. The minimum absolute atomic E-state index is 0.0855. The van der Waals surface area contributed by atoms with E-state index < -0.39 is 5.97 Å². The van der Waals surface area contributed by atoms with Crippen molar-refractivity contribution in [3.05, 3.63) is 29.3 Å². The first-order valence-corrected chi connectivity index (χ1v) is 8.10. The monoisotopic (exact) mass is 337 g/mol. The fraction of sp³-hybridized carbons (Fsp3) is 0.556. The Labute approximate surface area is 143 Å². The molecule has 1 rings (SSSR count). The van der Waals surface area contributed by atoms with Gasteiger partial charge in [-0.05, 0) is 37.5 Å². The fourth-order valence-corrected chi connectivity index (χ4v) is 2.36. The van der Waals surface area contributed by atoms with Crippen molar-refractivity contribution < 1.29 is 24.2 Å².